The molecule has 1 saturated heterocycles. The summed E-state index contributed by atoms with van der Waals surface area (Å²) in [4.78, 5) is 12.0. The van der Waals surface area contributed by atoms with Crippen molar-refractivity contribution >= 4 is 5.91 Å². The summed E-state index contributed by atoms with van der Waals surface area (Å²) < 4.78 is 5.38. The highest BCUT2D eigenvalue weighted by Crippen LogP contribution is 2.29. The Balaban J connectivity index is 2.33. The van der Waals surface area contributed by atoms with Crippen LogP contribution in [0.1, 0.15) is 43.4 Å². The van der Waals surface area contributed by atoms with Gasteiger partial charge in [0.15, 0.2) is 0 Å². The van der Waals surface area contributed by atoms with Crippen molar-refractivity contribution in [3.05, 3.63) is 29.3 Å². The molecule has 1 amide bonds. The van der Waals surface area contributed by atoms with Crippen LogP contribution in [0.25, 0.3) is 0 Å². The number of amides is 1. The minimum Gasteiger partial charge on any atom is -0.496 e. The smallest absolute Gasteiger partial charge is 0.241 e. The second kappa shape index (κ2) is 6.06. The molecule has 0 spiro atoms. The predicted molar refractivity (Wildman–Crippen MR) is 75.5 cm³/mol. The van der Waals surface area contributed by atoms with Gasteiger partial charge in [-0.25, -0.2) is 0 Å². The van der Waals surface area contributed by atoms with Crippen LogP contribution in [0.15, 0.2) is 18.2 Å². The summed E-state index contributed by atoms with van der Waals surface area (Å²) in [7, 11) is 1.68. The Labute approximate surface area is 114 Å². The van der Waals surface area contributed by atoms with E-state index in [0.29, 0.717) is 5.92 Å². The maximum Gasteiger partial charge on any atom is 0.241 e. The average Bonchev–Trinajstić information content (AvgIpc) is 2.62. The fourth-order valence-electron chi connectivity index (χ4n) is 2.39. The zero-order valence-corrected chi connectivity index (χ0v) is 11.8. The van der Waals surface area contributed by atoms with Gasteiger partial charge in [-0.05, 0) is 42.1 Å². The molecule has 1 aliphatic heterocycles. The van der Waals surface area contributed by atoms with Crippen molar-refractivity contribution in [2.24, 2.45) is 0 Å². The second-order valence-electron chi connectivity index (χ2n) is 5.19. The van der Waals surface area contributed by atoms with Crippen LogP contribution in [0.3, 0.4) is 0 Å². The molecule has 1 aromatic rings. The fraction of sp³-hybridized carbons (Fsp3) is 0.533. The first kappa shape index (κ1) is 13.9. The number of methoxy groups -OCH3 is 1. The topological polar surface area (TPSA) is 50.4 Å². The van der Waals surface area contributed by atoms with Gasteiger partial charge in [0.1, 0.15) is 11.8 Å². The molecule has 1 aromatic carbocycles. The summed E-state index contributed by atoms with van der Waals surface area (Å²) in [6.45, 7) is 5.85. The lowest BCUT2D eigenvalue weighted by Crippen LogP contribution is -2.33. The minimum atomic E-state index is -0.258. The molecule has 0 radical (unpaired) electrons. The molecule has 0 aromatic heterocycles. The van der Waals surface area contributed by atoms with E-state index in [-0.39, 0.29) is 11.9 Å². The summed E-state index contributed by atoms with van der Waals surface area (Å²) in [6, 6.07) is 5.73. The molecule has 2 N–H and O–H groups in total. The Morgan fingerprint density at radius 2 is 2.11 bits per heavy atom. The summed E-state index contributed by atoms with van der Waals surface area (Å²) in [5, 5.41) is 6.24. The maximum atomic E-state index is 12.0. The molecule has 0 saturated carbocycles. The van der Waals surface area contributed by atoms with E-state index in [9.17, 15) is 4.79 Å². The van der Waals surface area contributed by atoms with Crippen LogP contribution < -0.4 is 15.4 Å². The third-order valence-electron chi connectivity index (χ3n) is 3.47. The number of carbonyl (C=O) groups is 1. The van der Waals surface area contributed by atoms with E-state index in [2.05, 4.69) is 30.5 Å². The van der Waals surface area contributed by atoms with Gasteiger partial charge in [0.05, 0.1) is 7.11 Å². The van der Waals surface area contributed by atoms with Crippen LogP contribution in [-0.2, 0) is 4.79 Å². The van der Waals surface area contributed by atoms with E-state index >= 15 is 0 Å². The quantitative estimate of drug-likeness (QED) is 0.875. The van der Waals surface area contributed by atoms with Crippen LogP contribution >= 0.6 is 0 Å². The number of benzene rings is 1. The Morgan fingerprint density at radius 3 is 2.79 bits per heavy atom. The van der Waals surface area contributed by atoms with Crippen molar-refractivity contribution in [3.63, 3.8) is 0 Å². The van der Waals surface area contributed by atoms with Crippen molar-refractivity contribution in [2.45, 2.75) is 32.2 Å². The molecule has 1 fully saturated rings. The van der Waals surface area contributed by atoms with E-state index < -0.39 is 0 Å². The monoisotopic (exact) mass is 262 g/mol. The van der Waals surface area contributed by atoms with Crippen LogP contribution in [0, 0.1) is 0 Å². The van der Waals surface area contributed by atoms with Crippen LogP contribution in [0.4, 0.5) is 0 Å². The number of carbonyl (C=O) groups excluding carboxylic acids is 1. The first-order chi connectivity index (χ1) is 9.13. The van der Waals surface area contributed by atoms with Gasteiger partial charge in [0.2, 0.25) is 5.91 Å². The van der Waals surface area contributed by atoms with Gasteiger partial charge in [0, 0.05) is 6.54 Å². The summed E-state index contributed by atoms with van der Waals surface area (Å²) in [6.07, 6.45) is 0.968. The van der Waals surface area contributed by atoms with Gasteiger partial charge >= 0.3 is 0 Å². The number of hydrogen-bond donors (Lipinski definition) is 2. The van der Waals surface area contributed by atoms with E-state index in [0.717, 1.165) is 36.4 Å². The maximum absolute atomic E-state index is 12.0. The molecule has 0 aliphatic carbocycles. The second-order valence-corrected chi connectivity index (χ2v) is 5.19. The van der Waals surface area contributed by atoms with Crippen molar-refractivity contribution < 1.29 is 9.53 Å². The zero-order valence-electron chi connectivity index (χ0n) is 11.8. The Bertz CT molecular complexity index is 457. The van der Waals surface area contributed by atoms with Crippen LogP contribution in [0.2, 0.25) is 0 Å². The molecule has 2 rings (SSSR count). The predicted octanol–water partition coefficient (Wildman–Crippen LogP) is 1.97. The molecule has 1 aliphatic rings. The molecule has 0 bridgehead atoms. The molecule has 1 heterocycles. The summed E-state index contributed by atoms with van der Waals surface area (Å²) >= 11 is 0. The van der Waals surface area contributed by atoms with Crippen molar-refractivity contribution in [1.29, 1.82) is 0 Å². The third kappa shape index (κ3) is 3.07. The van der Waals surface area contributed by atoms with E-state index in [1.807, 2.05) is 12.1 Å². The summed E-state index contributed by atoms with van der Waals surface area (Å²) in [5.74, 6) is 1.30. The number of rotatable bonds is 3. The van der Waals surface area contributed by atoms with Crippen LogP contribution in [0.5, 0.6) is 5.75 Å². The van der Waals surface area contributed by atoms with Crippen molar-refractivity contribution in [1.82, 2.24) is 10.6 Å². The summed E-state index contributed by atoms with van der Waals surface area (Å²) in [5.41, 5.74) is 2.14. The molecular formula is C15H22N2O2. The Kier molecular flexibility index (Phi) is 4.43. The highest BCUT2D eigenvalue weighted by Gasteiger charge is 2.23. The molecule has 1 atom stereocenters. The molecule has 4 heteroatoms. The number of nitrogens with one attached hydrogen (secondary N) is 2. The first-order valence-corrected chi connectivity index (χ1v) is 6.82. The molecule has 4 nitrogen and oxygen atoms in total. The zero-order chi connectivity index (χ0) is 13.8. The lowest BCUT2D eigenvalue weighted by molar-refractivity contribution is -0.122. The first-order valence-electron chi connectivity index (χ1n) is 6.82. The van der Waals surface area contributed by atoms with E-state index in [4.69, 9.17) is 4.74 Å². The number of ether oxygens (including phenoxy) is 1. The van der Waals surface area contributed by atoms with Gasteiger partial charge in [-0.2, -0.15) is 0 Å². The molecular weight excluding hydrogens is 240 g/mol. The van der Waals surface area contributed by atoms with E-state index in [1.54, 1.807) is 7.11 Å². The van der Waals surface area contributed by atoms with Gasteiger partial charge in [-0.1, -0.05) is 19.9 Å². The molecule has 1 unspecified atom stereocenters. The third-order valence-corrected chi connectivity index (χ3v) is 3.47. The minimum absolute atomic E-state index is 0.0531. The average molecular weight is 262 g/mol. The Hall–Kier alpha value is -1.55. The SMILES string of the molecule is COc1ccc(C2NCCCNC2=O)cc1C(C)C. The lowest BCUT2D eigenvalue weighted by Gasteiger charge is -2.19. The normalized spacial score (nSPS) is 20.0. The van der Waals surface area contributed by atoms with Gasteiger partial charge in [-0.15, -0.1) is 0 Å². The van der Waals surface area contributed by atoms with Gasteiger partial charge < -0.3 is 15.4 Å². The van der Waals surface area contributed by atoms with Crippen molar-refractivity contribution in [2.75, 3.05) is 20.2 Å². The molecule has 104 valence electrons. The van der Waals surface area contributed by atoms with Crippen LogP contribution in [-0.4, -0.2) is 26.1 Å². The lowest BCUT2D eigenvalue weighted by atomic mass is 9.96. The molecule has 19 heavy (non-hydrogen) atoms. The largest absolute Gasteiger partial charge is 0.496 e. The fourth-order valence-corrected chi connectivity index (χ4v) is 2.39. The van der Waals surface area contributed by atoms with E-state index in [1.165, 1.54) is 0 Å². The van der Waals surface area contributed by atoms with Gasteiger partial charge in [0.25, 0.3) is 0 Å². The van der Waals surface area contributed by atoms with Crippen molar-refractivity contribution in [3.8, 4) is 5.75 Å². The standard InChI is InChI=1S/C15H22N2O2/c1-10(2)12-9-11(5-6-13(12)19-3)14-15(18)17-8-4-7-16-14/h5-6,9-10,14,16H,4,7-8H2,1-3H3,(H,17,18). The Morgan fingerprint density at radius 1 is 1.32 bits per heavy atom. The highest BCUT2D eigenvalue weighted by molar-refractivity contribution is 5.83. The van der Waals surface area contributed by atoms with Gasteiger partial charge in [-0.3, -0.25) is 4.79 Å². The highest BCUT2D eigenvalue weighted by atomic mass is 16.5. The number of hydrogen-bond acceptors (Lipinski definition) is 3.